The lowest BCUT2D eigenvalue weighted by atomic mass is 9.78. The molecule has 2 N–H and O–H groups in total. The number of nitrogens with zero attached hydrogens (tertiary/aromatic N) is 1. The molecule has 0 radical (unpaired) electrons. The zero-order chi connectivity index (χ0) is 23.3. The number of anilines is 2. The number of carbonyl (C=O) groups excluding carboxylic acids is 1. The van der Waals surface area contributed by atoms with Crippen LogP contribution >= 0.6 is 47.0 Å². The van der Waals surface area contributed by atoms with Crippen LogP contribution in [0, 0.1) is 5.92 Å². The topological polar surface area (TPSA) is 53.6 Å². The zero-order valence-corrected chi connectivity index (χ0v) is 20.4. The summed E-state index contributed by atoms with van der Waals surface area (Å²) in [6, 6.07) is 19.1. The highest BCUT2D eigenvalue weighted by Crippen LogP contribution is 2.50. The fraction of sp³-hybridized carbons (Fsp3) is 0.167. The number of carbonyl (C=O) groups is 1. The maximum Gasteiger partial charge on any atom is 0.236 e. The second-order valence-electron chi connectivity index (χ2n) is 8.06. The van der Waals surface area contributed by atoms with Gasteiger partial charge in [0.05, 0.1) is 6.04 Å². The summed E-state index contributed by atoms with van der Waals surface area (Å²) in [6.07, 6.45) is 0. The van der Waals surface area contributed by atoms with Crippen molar-refractivity contribution in [3.05, 3.63) is 87.4 Å². The minimum absolute atomic E-state index is 0.238. The second kappa shape index (κ2) is 8.37. The van der Waals surface area contributed by atoms with Crippen molar-refractivity contribution in [1.82, 2.24) is 5.32 Å². The van der Waals surface area contributed by atoms with E-state index in [0.29, 0.717) is 37.3 Å². The number of ether oxygens (including phenoxy) is 1. The lowest BCUT2D eigenvalue weighted by Gasteiger charge is -2.56. The first-order valence-electron chi connectivity index (χ1n) is 10.2. The first-order valence-corrected chi connectivity index (χ1v) is 11.7. The zero-order valence-electron chi connectivity index (χ0n) is 17.3. The molecule has 5 nitrogen and oxygen atoms in total. The molecule has 3 atom stereocenters. The maximum absolute atomic E-state index is 13.7. The molecular formula is C24H18Cl3N3O2S. The van der Waals surface area contributed by atoms with Crippen LogP contribution in [0.25, 0.3) is 0 Å². The van der Waals surface area contributed by atoms with Gasteiger partial charge in [-0.3, -0.25) is 9.69 Å². The van der Waals surface area contributed by atoms with E-state index in [2.05, 4.69) is 10.6 Å². The third-order valence-electron chi connectivity index (χ3n) is 5.92. The van der Waals surface area contributed by atoms with E-state index in [-0.39, 0.29) is 5.91 Å². The molecule has 0 aromatic heterocycles. The van der Waals surface area contributed by atoms with Gasteiger partial charge < -0.3 is 15.4 Å². The molecule has 9 heteroatoms. The van der Waals surface area contributed by atoms with E-state index in [9.17, 15) is 4.79 Å². The van der Waals surface area contributed by atoms with Gasteiger partial charge in [0.25, 0.3) is 0 Å². The van der Waals surface area contributed by atoms with Crippen molar-refractivity contribution in [2.24, 2.45) is 5.92 Å². The molecule has 2 heterocycles. The van der Waals surface area contributed by atoms with Crippen molar-refractivity contribution in [3.8, 4) is 5.75 Å². The second-order valence-corrected chi connectivity index (χ2v) is 9.75. The van der Waals surface area contributed by atoms with Gasteiger partial charge in [0.2, 0.25) is 5.91 Å². The van der Waals surface area contributed by atoms with Crippen LogP contribution in [0.15, 0.2) is 66.7 Å². The monoisotopic (exact) mass is 517 g/mol. The van der Waals surface area contributed by atoms with Crippen molar-refractivity contribution in [2.45, 2.75) is 18.7 Å². The third-order valence-corrected chi connectivity index (χ3v) is 6.94. The van der Waals surface area contributed by atoms with E-state index in [1.165, 1.54) is 0 Å². The van der Waals surface area contributed by atoms with Gasteiger partial charge in [-0.05, 0) is 79.8 Å². The van der Waals surface area contributed by atoms with Gasteiger partial charge in [-0.25, -0.2) is 0 Å². The maximum atomic E-state index is 13.7. The predicted molar refractivity (Wildman–Crippen MR) is 136 cm³/mol. The van der Waals surface area contributed by atoms with Gasteiger partial charge in [-0.15, -0.1) is 0 Å². The quantitative estimate of drug-likeness (QED) is 0.391. The van der Waals surface area contributed by atoms with Crippen molar-refractivity contribution in [2.75, 3.05) is 10.2 Å². The van der Waals surface area contributed by atoms with E-state index in [1.54, 1.807) is 53.4 Å². The molecule has 0 saturated carbocycles. The Morgan fingerprint density at radius 1 is 1.03 bits per heavy atom. The van der Waals surface area contributed by atoms with Crippen LogP contribution in [0.4, 0.5) is 11.4 Å². The molecule has 0 unspecified atom stereocenters. The summed E-state index contributed by atoms with van der Waals surface area (Å²) >= 11 is 24.3. The molecule has 5 rings (SSSR count). The smallest absolute Gasteiger partial charge is 0.236 e. The normalized spacial score (nSPS) is 23.3. The van der Waals surface area contributed by atoms with E-state index < -0.39 is 17.7 Å². The molecule has 33 heavy (non-hydrogen) atoms. The van der Waals surface area contributed by atoms with Crippen LogP contribution in [0.1, 0.15) is 18.5 Å². The minimum Gasteiger partial charge on any atom is -0.467 e. The Bertz CT molecular complexity index is 1270. The van der Waals surface area contributed by atoms with Crippen LogP contribution in [-0.2, 0) is 4.79 Å². The standard InChI is InChI=1S/C24H18Cl3N3O2S/c1-24-20(22(31)28-16-8-5-13(25)6-9-16)21(18-12-15(27)7-10-19(18)32-24)29-23(33)30(24)17-4-2-3-14(26)11-17/h2-12,20-21H,1H3,(H,28,31)(H,29,33)/t20-,21+,24-/m1/s1. The molecule has 0 aliphatic carbocycles. The molecule has 0 spiro atoms. The Morgan fingerprint density at radius 2 is 1.73 bits per heavy atom. The van der Waals surface area contributed by atoms with Crippen molar-refractivity contribution >= 4 is 69.4 Å². The molecule has 3 aromatic carbocycles. The number of rotatable bonds is 3. The number of hydrogen-bond acceptors (Lipinski definition) is 3. The van der Waals surface area contributed by atoms with Crippen LogP contribution in [0.5, 0.6) is 5.75 Å². The van der Waals surface area contributed by atoms with E-state index in [1.807, 2.05) is 25.1 Å². The Balaban J connectivity index is 1.63. The van der Waals surface area contributed by atoms with E-state index in [4.69, 9.17) is 51.8 Å². The molecule has 1 fully saturated rings. The molecule has 3 aromatic rings. The summed E-state index contributed by atoms with van der Waals surface area (Å²) in [7, 11) is 0. The number of amides is 1. The molecular weight excluding hydrogens is 501 g/mol. The fourth-order valence-electron chi connectivity index (χ4n) is 4.51. The number of fused-ring (bicyclic) bond motifs is 4. The summed E-state index contributed by atoms with van der Waals surface area (Å²) in [5.74, 6) is -0.299. The third kappa shape index (κ3) is 3.91. The average molecular weight is 519 g/mol. The van der Waals surface area contributed by atoms with Crippen LogP contribution < -0.4 is 20.3 Å². The largest absolute Gasteiger partial charge is 0.467 e. The number of nitrogens with one attached hydrogen (secondary N) is 2. The van der Waals surface area contributed by atoms with Gasteiger partial charge >= 0.3 is 0 Å². The molecule has 2 bridgehead atoms. The molecule has 2 aliphatic heterocycles. The number of thiocarbonyl (C=S) groups is 1. The highest BCUT2D eigenvalue weighted by atomic mass is 35.5. The lowest BCUT2D eigenvalue weighted by Crippen LogP contribution is -2.72. The Hall–Kier alpha value is -2.51. The Kier molecular flexibility index (Phi) is 5.65. The molecule has 1 saturated heterocycles. The number of benzene rings is 3. The van der Waals surface area contributed by atoms with Gasteiger partial charge in [0.15, 0.2) is 10.8 Å². The van der Waals surface area contributed by atoms with Gasteiger partial charge in [0.1, 0.15) is 11.7 Å². The van der Waals surface area contributed by atoms with E-state index in [0.717, 1.165) is 5.56 Å². The first-order chi connectivity index (χ1) is 15.8. The highest BCUT2D eigenvalue weighted by Gasteiger charge is 2.59. The van der Waals surface area contributed by atoms with Crippen molar-refractivity contribution in [3.63, 3.8) is 0 Å². The summed E-state index contributed by atoms with van der Waals surface area (Å²) in [4.78, 5) is 15.5. The van der Waals surface area contributed by atoms with E-state index >= 15 is 0 Å². The Labute approximate surface area is 211 Å². The molecule has 1 amide bonds. The predicted octanol–water partition coefficient (Wildman–Crippen LogP) is 6.45. The number of hydrogen-bond donors (Lipinski definition) is 2. The average Bonchev–Trinajstić information content (AvgIpc) is 2.75. The van der Waals surface area contributed by atoms with Crippen LogP contribution in [0.3, 0.4) is 0 Å². The molecule has 168 valence electrons. The SMILES string of the molecule is C[C@]12Oc3ccc(Cl)cc3[C@H](NC(=S)N1c1cccc(Cl)c1)[C@@H]2C(=O)Nc1ccc(Cl)cc1. The summed E-state index contributed by atoms with van der Waals surface area (Å²) in [5.41, 5.74) is 0.960. The molecule has 2 aliphatic rings. The van der Waals surface area contributed by atoms with Gasteiger partial charge in [0, 0.05) is 32.0 Å². The highest BCUT2D eigenvalue weighted by molar-refractivity contribution is 7.80. The van der Waals surface area contributed by atoms with Crippen LogP contribution in [0.2, 0.25) is 15.1 Å². The minimum atomic E-state index is -1.14. The Morgan fingerprint density at radius 3 is 2.45 bits per heavy atom. The van der Waals surface area contributed by atoms with Gasteiger partial charge in [-0.1, -0.05) is 40.9 Å². The fourth-order valence-corrected chi connectivity index (χ4v) is 5.42. The summed E-state index contributed by atoms with van der Waals surface area (Å²) in [6.45, 7) is 1.86. The summed E-state index contributed by atoms with van der Waals surface area (Å²) in [5, 5.41) is 8.43. The van der Waals surface area contributed by atoms with Gasteiger partial charge in [-0.2, -0.15) is 0 Å². The van der Waals surface area contributed by atoms with Crippen molar-refractivity contribution in [1.29, 1.82) is 0 Å². The summed E-state index contributed by atoms with van der Waals surface area (Å²) < 4.78 is 6.53. The lowest BCUT2D eigenvalue weighted by molar-refractivity contribution is -0.130. The van der Waals surface area contributed by atoms with Crippen LogP contribution in [-0.4, -0.2) is 16.7 Å². The first kappa shape index (κ1) is 22.3. The number of halogens is 3. The van der Waals surface area contributed by atoms with Crippen molar-refractivity contribution < 1.29 is 9.53 Å².